The van der Waals surface area contributed by atoms with Crippen molar-refractivity contribution in [3.05, 3.63) is 70.2 Å². The fraction of sp³-hybridized carbons (Fsp3) is 0.182. The summed E-state index contributed by atoms with van der Waals surface area (Å²) in [4.78, 5) is 39.0. The molecule has 0 atom stereocenters. The average molecular weight is 433 g/mol. The smallest absolute Gasteiger partial charge is 0.346 e. The molecule has 156 valence electrons. The van der Waals surface area contributed by atoms with Crippen molar-refractivity contribution in [2.75, 3.05) is 36.8 Å². The molecule has 0 saturated carbocycles. The van der Waals surface area contributed by atoms with Crippen LogP contribution in [0.2, 0.25) is 0 Å². The second-order valence-electron chi connectivity index (χ2n) is 7.33. The van der Waals surface area contributed by atoms with Gasteiger partial charge < -0.3 is 15.5 Å². The summed E-state index contributed by atoms with van der Waals surface area (Å²) in [6, 6.07) is 14.3. The molecule has 3 N–H and O–H groups in total. The van der Waals surface area contributed by atoms with Crippen molar-refractivity contribution >= 4 is 39.5 Å². The fourth-order valence-corrected chi connectivity index (χ4v) is 4.71. The molecule has 0 aliphatic carbocycles. The molecule has 1 aliphatic heterocycles. The average Bonchev–Trinajstić information content (AvgIpc) is 3.28. The van der Waals surface area contributed by atoms with E-state index in [2.05, 4.69) is 33.2 Å². The molecule has 2 aromatic carbocycles. The number of nitrogens with one attached hydrogen (secondary N) is 1. The largest absolute Gasteiger partial charge is 0.383 e. The van der Waals surface area contributed by atoms with Gasteiger partial charge >= 0.3 is 5.69 Å². The van der Waals surface area contributed by atoms with E-state index in [0.29, 0.717) is 43.4 Å². The van der Waals surface area contributed by atoms with Gasteiger partial charge in [-0.3, -0.25) is 9.78 Å². The highest BCUT2D eigenvalue weighted by Crippen LogP contribution is 2.31. The summed E-state index contributed by atoms with van der Waals surface area (Å²) in [7, 11) is 0. The van der Waals surface area contributed by atoms with Crippen LogP contribution < -0.4 is 16.3 Å². The first kappa shape index (κ1) is 19.3. The third kappa shape index (κ3) is 3.64. The monoisotopic (exact) mass is 432 g/mol. The number of nitrogens with zero attached hydrogens (tertiary/aromatic N) is 4. The predicted octanol–water partition coefficient (Wildman–Crippen LogP) is 2.59. The molecule has 4 aromatic rings. The van der Waals surface area contributed by atoms with Crippen molar-refractivity contribution < 1.29 is 4.79 Å². The van der Waals surface area contributed by atoms with Crippen molar-refractivity contribution in [3.63, 3.8) is 0 Å². The maximum atomic E-state index is 13.0. The minimum Gasteiger partial charge on any atom is -0.383 e. The van der Waals surface area contributed by atoms with Crippen molar-refractivity contribution in [3.8, 4) is 10.6 Å². The molecule has 31 heavy (non-hydrogen) atoms. The van der Waals surface area contributed by atoms with Gasteiger partial charge in [-0.1, -0.05) is 42.5 Å². The van der Waals surface area contributed by atoms with Crippen LogP contribution in [0.5, 0.6) is 0 Å². The van der Waals surface area contributed by atoms with Gasteiger partial charge in [0, 0.05) is 37.1 Å². The van der Waals surface area contributed by atoms with Crippen molar-refractivity contribution in [2.24, 2.45) is 0 Å². The van der Waals surface area contributed by atoms with Crippen LogP contribution in [0, 0.1) is 0 Å². The van der Waals surface area contributed by atoms with E-state index in [1.165, 1.54) is 17.5 Å². The molecule has 0 unspecified atom stereocenters. The van der Waals surface area contributed by atoms with Gasteiger partial charge in [0.1, 0.15) is 16.5 Å². The van der Waals surface area contributed by atoms with Gasteiger partial charge in [-0.05, 0) is 10.8 Å². The number of carbonyl (C=O) groups excluding carboxylic acids is 1. The SMILES string of the molecule is Nc1[nH]c(=O)ncc1N1CCN(C(=O)c2csc(-c3cccc4ccccc34)n2)CC1. The van der Waals surface area contributed by atoms with Gasteiger partial charge in [0.05, 0.1) is 11.9 Å². The molecule has 1 saturated heterocycles. The van der Waals surface area contributed by atoms with E-state index in [4.69, 9.17) is 5.73 Å². The van der Waals surface area contributed by atoms with Gasteiger partial charge in [0.25, 0.3) is 5.91 Å². The number of anilines is 2. The number of aromatic amines is 1. The quantitative estimate of drug-likeness (QED) is 0.515. The van der Waals surface area contributed by atoms with Gasteiger partial charge in [0.15, 0.2) is 0 Å². The second-order valence-corrected chi connectivity index (χ2v) is 8.19. The van der Waals surface area contributed by atoms with E-state index in [1.807, 2.05) is 34.5 Å². The van der Waals surface area contributed by atoms with Gasteiger partial charge in [-0.2, -0.15) is 4.98 Å². The molecule has 2 aromatic heterocycles. The van der Waals surface area contributed by atoms with E-state index in [1.54, 1.807) is 4.90 Å². The Hall–Kier alpha value is -3.72. The van der Waals surface area contributed by atoms with E-state index < -0.39 is 5.69 Å². The van der Waals surface area contributed by atoms with Crippen LogP contribution in [0.15, 0.2) is 58.8 Å². The number of piperazine rings is 1. The lowest BCUT2D eigenvalue weighted by molar-refractivity contribution is 0.0742. The maximum Gasteiger partial charge on any atom is 0.346 e. The molecule has 0 bridgehead atoms. The van der Waals surface area contributed by atoms with Crippen LogP contribution in [-0.4, -0.2) is 51.9 Å². The van der Waals surface area contributed by atoms with E-state index in [9.17, 15) is 9.59 Å². The highest BCUT2D eigenvalue weighted by Gasteiger charge is 2.25. The number of hydrogen-bond donors (Lipinski definition) is 2. The van der Waals surface area contributed by atoms with Gasteiger partial charge in [-0.25, -0.2) is 9.78 Å². The lowest BCUT2D eigenvalue weighted by Crippen LogP contribution is -2.49. The van der Waals surface area contributed by atoms with E-state index in [0.717, 1.165) is 21.3 Å². The van der Waals surface area contributed by atoms with Gasteiger partial charge in [0.2, 0.25) is 0 Å². The van der Waals surface area contributed by atoms with Crippen LogP contribution >= 0.6 is 11.3 Å². The Balaban J connectivity index is 1.32. The summed E-state index contributed by atoms with van der Waals surface area (Å²) >= 11 is 1.48. The number of hydrogen-bond acceptors (Lipinski definition) is 7. The third-order valence-corrected chi connectivity index (χ3v) is 6.35. The predicted molar refractivity (Wildman–Crippen MR) is 122 cm³/mol. The lowest BCUT2D eigenvalue weighted by atomic mass is 10.1. The number of thiazole rings is 1. The number of amides is 1. The lowest BCUT2D eigenvalue weighted by Gasteiger charge is -2.35. The Morgan fingerprint density at radius 1 is 1.06 bits per heavy atom. The Morgan fingerprint density at radius 3 is 2.65 bits per heavy atom. The standard InChI is InChI=1S/C22H20N6O2S/c23-19-18(12-24-22(30)26-19)27-8-10-28(11-9-27)21(29)17-13-31-20(25-17)16-7-3-5-14-4-1-2-6-15(14)16/h1-7,12-13H,8-11H2,(H3,23,24,26,30). The maximum absolute atomic E-state index is 13.0. The molecule has 1 amide bonds. The number of fused-ring (bicyclic) bond motifs is 1. The van der Waals surface area contributed by atoms with Crippen LogP contribution in [-0.2, 0) is 0 Å². The van der Waals surface area contributed by atoms with Crippen LogP contribution in [0.25, 0.3) is 21.3 Å². The normalized spacial score (nSPS) is 14.2. The van der Waals surface area contributed by atoms with E-state index >= 15 is 0 Å². The summed E-state index contributed by atoms with van der Waals surface area (Å²) in [6.07, 6.45) is 1.47. The highest BCUT2D eigenvalue weighted by atomic mass is 32.1. The number of aromatic nitrogens is 3. The van der Waals surface area contributed by atoms with Crippen molar-refractivity contribution in [2.45, 2.75) is 0 Å². The summed E-state index contributed by atoms with van der Waals surface area (Å²) in [5, 5.41) is 4.94. The summed E-state index contributed by atoms with van der Waals surface area (Å²) < 4.78 is 0. The molecule has 0 spiro atoms. The topological polar surface area (TPSA) is 108 Å². The van der Waals surface area contributed by atoms with Crippen LogP contribution in [0.4, 0.5) is 11.5 Å². The Morgan fingerprint density at radius 2 is 1.84 bits per heavy atom. The van der Waals surface area contributed by atoms with Crippen molar-refractivity contribution in [1.82, 2.24) is 19.9 Å². The molecule has 0 radical (unpaired) electrons. The third-order valence-electron chi connectivity index (χ3n) is 5.47. The minimum atomic E-state index is -0.472. The number of carbonyl (C=O) groups is 1. The number of H-pyrrole nitrogens is 1. The summed E-state index contributed by atoms with van der Waals surface area (Å²) in [5.74, 6) is 0.217. The molecular formula is C22H20N6O2S. The molecule has 9 heteroatoms. The molecule has 5 rings (SSSR count). The number of benzene rings is 2. The Bertz CT molecular complexity index is 1320. The number of nitrogen functional groups attached to an aromatic ring is 1. The fourth-order valence-electron chi connectivity index (χ4n) is 3.87. The zero-order valence-electron chi connectivity index (χ0n) is 16.6. The van der Waals surface area contributed by atoms with Gasteiger partial charge in [-0.15, -0.1) is 11.3 Å². The Labute approximate surface area is 182 Å². The zero-order valence-corrected chi connectivity index (χ0v) is 17.4. The van der Waals surface area contributed by atoms with E-state index in [-0.39, 0.29) is 5.91 Å². The van der Waals surface area contributed by atoms with Crippen molar-refractivity contribution in [1.29, 1.82) is 0 Å². The minimum absolute atomic E-state index is 0.0741. The number of nitrogens with two attached hydrogens (primary N) is 1. The molecular weight excluding hydrogens is 412 g/mol. The molecule has 1 fully saturated rings. The second kappa shape index (κ2) is 7.84. The Kier molecular flexibility index (Phi) is 4.87. The first-order valence-electron chi connectivity index (χ1n) is 9.93. The molecule has 1 aliphatic rings. The summed E-state index contributed by atoms with van der Waals surface area (Å²) in [6.45, 7) is 2.28. The molecule has 3 heterocycles. The first-order valence-corrected chi connectivity index (χ1v) is 10.8. The number of rotatable bonds is 3. The molecule has 8 nitrogen and oxygen atoms in total. The van der Waals surface area contributed by atoms with Crippen LogP contribution in [0.3, 0.4) is 0 Å². The highest BCUT2D eigenvalue weighted by molar-refractivity contribution is 7.13. The zero-order chi connectivity index (χ0) is 21.4. The first-order chi connectivity index (χ1) is 15.1. The van der Waals surface area contributed by atoms with Crippen LogP contribution in [0.1, 0.15) is 10.5 Å². The summed E-state index contributed by atoms with van der Waals surface area (Å²) in [5.41, 5.74) is 7.62.